The fourth-order valence-corrected chi connectivity index (χ4v) is 1.99. The van der Waals surface area contributed by atoms with Gasteiger partial charge in [0.1, 0.15) is 5.82 Å². The van der Waals surface area contributed by atoms with Gasteiger partial charge in [0.15, 0.2) is 0 Å². The predicted molar refractivity (Wildman–Crippen MR) is 65.4 cm³/mol. The maximum absolute atomic E-state index is 13.0. The van der Waals surface area contributed by atoms with Gasteiger partial charge in [-0.2, -0.15) is 0 Å². The molecule has 90 valence electrons. The van der Waals surface area contributed by atoms with Crippen LogP contribution in [0.15, 0.2) is 29.8 Å². The van der Waals surface area contributed by atoms with E-state index in [0.29, 0.717) is 17.7 Å². The minimum absolute atomic E-state index is 0.00810. The number of amides is 1. The Bertz CT molecular complexity index is 479. The molecule has 0 bridgehead atoms. The van der Waals surface area contributed by atoms with Crippen molar-refractivity contribution in [1.29, 1.82) is 0 Å². The quantitative estimate of drug-likeness (QED) is 0.683. The molecule has 0 spiro atoms. The molecule has 1 heterocycles. The number of hydrogen-bond acceptors (Lipinski definition) is 1. The van der Waals surface area contributed by atoms with Gasteiger partial charge in [-0.15, -0.1) is 0 Å². The monoisotopic (exact) mass is 233 g/mol. The molecule has 1 aliphatic rings. The van der Waals surface area contributed by atoms with Gasteiger partial charge < -0.3 is 4.90 Å². The first kappa shape index (κ1) is 11.8. The summed E-state index contributed by atoms with van der Waals surface area (Å²) < 4.78 is 13.0. The van der Waals surface area contributed by atoms with Crippen molar-refractivity contribution in [2.75, 3.05) is 13.1 Å². The lowest BCUT2D eigenvalue weighted by Gasteiger charge is -2.26. The SMILES string of the molecule is CC1=CCN(C(=O)c2ccc(F)cc2C)CC1. The molecule has 1 aromatic carbocycles. The van der Waals surface area contributed by atoms with Crippen molar-refractivity contribution in [1.82, 2.24) is 4.90 Å². The van der Waals surface area contributed by atoms with Crippen LogP contribution in [-0.2, 0) is 0 Å². The van der Waals surface area contributed by atoms with E-state index in [9.17, 15) is 9.18 Å². The third-order valence-electron chi connectivity index (χ3n) is 3.14. The van der Waals surface area contributed by atoms with Crippen LogP contribution in [0.5, 0.6) is 0 Å². The van der Waals surface area contributed by atoms with Crippen LogP contribution in [0.2, 0.25) is 0 Å². The summed E-state index contributed by atoms with van der Waals surface area (Å²) in [5.74, 6) is -0.306. The maximum Gasteiger partial charge on any atom is 0.254 e. The van der Waals surface area contributed by atoms with Crippen molar-refractivity contribution in [2.45, 2.75) is 20.3 Å². The summed E-state index contributed by atoms with van der Waals surface area (Å²) in [4.78, 5) is 14.0. The normalized spacial score (nSPS) is 15.7. The first-order valence-corrected chi connectivity index (χ1v) is 5.79. The fourth-order valence-electron chi connectivity index (χ4n) is 1.99. The van der Waals surface area contributed by atoms with E-state index < -0.39 is 0 Å². The van der Waals surface area contributed by atoms with Gasteiger partial charge in [-0.1, -0.05) is 11.6 Å². The van der Waals surface area contributed by atoms with E-state index in [-0.39, 0.29) is 11.7 Å². The van der Waals surface area contributed by atoms with Gasteiger partial charge in [0.05, 0.1) is 0 Å². The van der Waals surface area contributed by atoms with Gasteiger partial charge in [-0.25, -0.2) is 4.39 Å². The number of rotatable bonds is 1. The smallest absolute Gasteiger partial charge is 0.254 e. The van der Waals surface area contributed by atoms with E-state index >= 15 is 0 Å². The molecule has 0 N–H and O–H groups in total. The highest BCUT2D eigenvalue weighted by molar-refractivity contribution is 5.95. The summed E-state index contributed by atoms with van der Waals surface area (Å²) >= 11 is 0. The molecule has 17 heavy (non-hydrogen) atoms. The zero-order valence-electron chi connectivity index (χ0n) is 10.2. The second kappa shape index (κ2) is 4.70. The van der Waals surface area contributed by atoms with Gasteiger partial charge >= 0.3 is 0 Å². The third kappa shape index (κ3) is 2.54. The maximum atomic E-state index is 13.0. The lowest BCUT2D eigenvalue weighted by Crippen LogP contribution is -2.35. The Morgan fingerprint density at radius 1 is 1.35 bits per heavy atom. The standard InChI is InChI=1S/C14H16FNO/c1-10-5-7-16(8-6-10)14(17)13-4-3-12(15)9-11(13)2/h3-5,9H,6-8H2,1-2H3. The highest BCUT2D eigenvalue weighted by atomic mass is 19.1. The zero-order valence-corrected chi connectivity index (χ0v) is 10.2. The summed E-state index contributed by atoms with van der Waals surface area (Å²) in [6.45, 7) is 5.24. The number of aryl methyl sites for hydroxylation is 1. The second-order valence-corrected chi connectivity index (χ2v) is 4.51. The Labute approximate surface area is 101 Å². The lowest BCUT2D eigenvalue weighted by molar-refractivity contribution is 0.0768. The predicted octanol–water partition coefficient (Wildman–Crippen LogP) is 2.93. The molecule has 1 aromatic rings. The van der Waals surface area contributed by atoms with Crippen LogP contribution >= 0.6 is 0 Å². The molecule has 1 amide bonds. The summed E-state index contributed by atoms with van der Waals surface area (Å²) in [5.41, 5.74) is 2.62. The van der Waals surface area contributed by atoms with E-state index in [1.807, 2.05) is 0 Å². The number of hydrogen-bond donors (Lipinski definition) is 0. The number of halogens is 1. The Morgan fingerprint density at radius 2 is 2.12 bits per heavy atom. The van der Waals surface area contributed by atoms with Crippen LogP contribution in [-0.4, -0.2) is 23.9 Å². The first-order chi connectivity index (χ1) is 8.08. The van der Waals surface area contributed by atoms with Crippen LogP contribution < -0.4 is 0 Å². The van der Waals surface area contributed by atoms with Crippen molar-refractivity contribution in [3.8, 4) is 0 Å². The fraction of sp³-hybridized carbons (Fsp3) is 0.357. The van der Waals surface area contributed by atoms with E-state index in [2.05, 4.69) is 13.0 Å². The molecule has 0 aromatic heterocycles. The minimum Gasteiger partial charge on any atom is -0.335 e. The van der Waals surface area contributed by atoms with Crippen molar-refractivity contribution in [3.63, 3.8) is 0 Å². The average molecular weight is 233 g/mol. The van der Waals surface area contributed by atoms with Crippen LogP contribution in [0.1, 0.15) is 29.3 Å². The molecule has 0 radical (unpaired) electrons. The average Bonchev–Trinajstić information content (AvgIpc) is 2.29. The largest absolute Gasteiger partial charge is 0.335 e. The zero-order chi connectivity index (χ0) is 12.4. The van der Waals surface area contributed by atoms with Gasteiger partial charge in [0.25, 0.3) is 5.91 Å². The Hall–Kier alpha value is -1.64. The Balaban J connectivity index is 2.20. The van der Waals surface area contributed by atoms with Crippen LogP contribution in [0.4, 0.5) is 4.39 Å². The second-order valence-electron chi connectivity index (χ2n) is 4.51. The molecule has 3 heteroatoms. The van der Waals surface area contributed by atoms with Gasteiger partial charge in [-0.3, -0.25) is 4.79 Å². The number of nitrogens with zero attached hydrogens (tertiary/aromatic N) is 1. The molecular weight excluding hydrogens is 217 g/mol. The molecule has 1 aliphatic heterocycles. The number of benzene rings is 1. The molecule has 2 nitrogen and oxygen atoms in total. The lowest BCUT2D eigenvalue weighted by atomic mass is 10.1. The first-order valence-electron chi connectivity index (χ1n) is 5.79. The molecule has 0 aliphatic carbocycles. The highest BCUT2D eigenvalue weighted by Gasteiger charge is 2.19. The molecule has 0 saturated heterocycles. The molecule has 0 saturated carbocycles. The summed E-state index contributed by atoms with van der Waals surface area (Å²) in [5, 5.41) is 0. The third-order valence-corrected chi connectivity index (χ3v) is 3.14. The van der Waals surface area contributed by atoms with Crippen molar-refractivity contribution >= 4 is 5.91 Å². The summed E-state index contributed by atoms with van der Waals surface area (Å²) in [6.07, 6.45) is 2.99. The topological polar surface area (TPSA) is 20.3 Å². The molecule has 2 rings (SSSR count). The molecule has 0 fully saturated rings. The number of carbonyl (C=O) groups is 1. The molecule has 0 atom stereocenters. The van der Waals surface area contributed by atoms with Crippen LogP contribution in [0.3, 0.4) is 0 Å². The minimum atomic E-state index is -0.298. The van der Waals surface area contributed by atoms with Crippen LogP contribution in [0, 0.1) is 12.7 Å². The van der Waals surface area contributed by atoms with Gasteiger partial charge in [-0.05, 0) is 44.0 Å². The molecular formula is C14H16FNO. The highest BCUT2D eigenvalue weighted by Crippen LogP contribution is 2.16. The molecule has 0 unspecified atom stereocenters. The van der Waals surface area contributed by atoms with E-state index in [1.165, 1.54) is 17.7 Å². The van der Waals surface area contributed by atoms with Crippen molar-refractivity contribution in [3.05, 3.63) is 46.8 Å². The Kier molecular flexibility index (Phi) is 3.27. The van der Waals surface area contributed by atoms with Gasteiger partial charge in [0.2, 0.25) is 0 Å². The van der Waals surface area contributed by atoms with Crippen LogP contribution in [0.25, 0.3) is 0 Å². The van der Waals surface area contributed by atoms with E-state index in [1.54, 1.807) is 17.9 Å². The van der Waals surface area contributed by atoms with Gasteiger partial charge in [0, 0.05) is 18.7 Å². The Morgan fingerprint density at radius 3 is 2.71 bits per heavy atom. The van der Waals surface area contributed by atoms with Crippen molar-refractivity contribution < 1.29 is 9.18 Å². The summed E-state index contributed by atoms with van der Waals surface area (Å²) in [7, 11) is 0. The summed E-state index contributed by atoms with van der Waals surface area (Å²) in [6, 6.07) is 4.31. The van der Waals surface area contributed by atoms with Crippen molar-refractivity contribution in [2.24, 2.45) is 0 Å². The number of carbonyl (C=O) groups excluding carboxylic acids is 1. The van der Waals surface area contributed by atoms with E-state index in [4.69, 9.17) is 0 Å². The van der Waals surface area contributed by atoms with E-state index in [0.717, 1.165) is 13.0 Å².